The van der Waals surface area contributed by atoms with Crippen molar-refractivity contribution in [1.82, 2.24) is 29.6 Å². The first-order valence-electron chi connectivity index (χ1n) is 10.2. The number of anilines is 1. The zero-order chi connectivity index (χ0) is 20.4. The van der Waals surface area contributed by atoms with Crippen molar-refractivity contribution < 1.29 is 4.39 Å². The van der Waals surface area contributed by atoms with E-state index in [0.717, 1.165) is 35.2 Å². The van der Waals surface area contributed by atoms with Gasteiger partial charge in [0.15, 0.2) is 0 Å². The Hall–Kier alpha value is -3.26. The van der Waals surface area contributed by atoms with Crippen molar-refractivity contribution in [2.75, 3.05) is 25.0 Å². The summed E-state index contributed by atoms with van der Waals surface area (Å²) < 4.78 is 17.5. The maximum absolute atomic E-state index is 15.6. The van der Waals surface area contributed by atoms with E-state index < -0.39 is 5.67 Å². The summed E-state index contributed by atoms with van der Waals surface area (Å²) in [6.45, 7) is 2.19. The summed E-state index contributed by atoms with van der Waals surface area (Å²) in [5, 5.41) is 8.54. The normalized spacial score (nSPS) is 19.9. The molecule has 0 saturated carbocycles. The third-order valence-electron chi connectivity index (χ3n) is 5.60. The number of hydrogen-bond acceptors (Lipinski definition) is 5. The molecule has 0 amide bonds. The number of piperidine rings is 1. The molecule has 0 bridgehead atoms. The third kappa shape index (κ3) is 3.91. The molecule has 1 atom stereocenters. The molecule has 1 saturated heterocycles. The Labute approximate surface area is 174 Å². The number of H-pyrrole nitrogens is 1. The Kier molecular flexibility index (Phi) is 4.92. The maximum Gasteiger partial charge on any atom is 0.142 e. The van der Waals surface area contributed by atoms with Gasteiger partial charge in [0.2, 0.25) is 0 Å². The maximum atomic E-state index is 15.6. The molecular formula is C22H24FN7. The van der Waals surface area contributed by atoms with E-state index in [1.807, 2.05) is 59.7 Å². The molecule has 1 aliphatic heterocycles. The molecule has 8 heteroatoms. The van der Waals surface area contributed by atoms with Crippen LogP contribution < -0.4 is 5.32 Å². The number of likely N-dealkylation sites (tertiary alicyclic amines) is 1. The van der Waals surface area contributed by atoms with Crippen molar-refractivity contribution in [3.05, 3.63) is 66.9 Å². The molecule has 1 aromatic carbocycles. The van der Waals surface area contributed by atoms with Gasteiger partial charge in [0.1, 0.15) is 23.5 Å². The monoisotopic (exact) mass is 405 g/mol. The fourth-order valence-electron chi connectivity index (χ4n) is 4.13. The second-order valence-corrected chi connectivity index (χ2v) is 7.91. The lowest BCUT2D eigenvalue weighted by atomic mass is 9.94. The first kappa shape index (κ1) is 18.7. The fourth-order valence-corrected chi connectivity index (χ4v) is 4.13. The van der Waals surface area contributed by atoms with Gasteiger partial charge in [0.25, 0.3) is 0 Å². The Balaban J connectivity index is 1.23. The number of fused-ring (bicyclic) bond motifs is 1. The van der Waals surface area contributed by atoms with Crippen LogP contribution in [0.25, 0.3) is 16.7 Å². The largest absolute Gasteiger partial charge is 0.366 e. The molecule has 4 aromatic rings. The summed E-state index contributed by atoms with van der Waals surface area (Å²) in [7, 11) is 0. The van der Waals surface area contributed by atoms with Gasteiger partial charge in [0.05, 0.1) is 23.8 Å². The Bertz CT molecular complexity index is 1120. The van der Waals surface area contributed by atoms with Crippen molar-refractivity contribution in [2.24, 2.45) is 0 Å². The number of halogens is 1. The lowest BCUT2D eigenvalue weighted by Crippen LogP contribution is -2.48. The summed E-state index contributed by atoms with van der Waals surface area (Å²) in [4.78, 5) is 13.7. The fraction of sp³-hybridized carbons (Fsp3) is 0.318. The first-order chi connectivity index (χ1) is 14.7. The third-order valence-corrected chi connectivity index (χ3v) is 5.60. The molecule has 0 radical (unpaired) electrons. The number of nitrogens with zero attached hydrogens (tertiary/aromatic N) is 5. The van der Waals surface area contributed by atoms with Crippen molar-refractivity contribution in [2.45, 2.75) is 25.1 Å². The van der Waals surface area contributed by atoms with Crippen LogP contribution in [0.3, 0.4) is 0 Å². The highest BCUT2D eigenvalue weighted by Gasteiger charge is 2.35. The molecule has 1 fully saturated rings. The lowest BCUT2D eigenvalue weighted by molar-refractivity contribution is 0.0514. The number of alkyl halides is 1. The smallest absolute Gasteiger partial charge is 0.142 e. The zero-order valence-electron chi connectivity index (χ0n) is 16.6. The molecule has 30 heavy (non-hydrogen) atoms. The van der Waals surface area contributed by atoms with Crippen LogP contribution >= 0.6 is 0 Å². The predicted octanol–water partition coefficient (Wildman–Crippen LogP) is 3.56. The van der Waals surface area contributed by atoms with Crippen LogP contribution in [0.15, 0.2) is 61.3 Å². The highest BCUT2D eigenvalue weighted by Crippen LogP contribution is 2.28. The Morgan fingerprint density at radius 2 is 2.07 bits per heavy atom. The van der Waals surface area contributed by atoms with E-state index in [-0.39, 0.29) is 6.54 Å². The van der Waals surface area contributed by atoms with Crippen LogP contribution in [0.5, 0.6) is 0 Å². The van der Waals surface area contributed by atoms with Crippen LogP contribution in [-0.2, 0) is 6.54 Å². The van der Waals surface area contributed by atoms with Crippen LogP contribution in [0, 0.1) is 0 Å². The number of para-hydroxylation sites is 1. The zero-order valence-corrected chi connectivity index (χ0v) is 16.6. The van der Waals surface area contributed by atoms with Crippen LogP contribution in [0.1, 0.15) is 18.4 Å². The Morgan fingerprint density at radius 3 is 2.97 bits per heavy atom. The summed E-state index contributed by atoms with van der Waals surface area (Å²) in [6, 6.07) is 11.9. The standard InChI is InChI=1S/C22H24FN7/c23-22(14-25-21-19-7-9-24-20(19)26-16-27-21)8-4-10-29(15-22)12-17-11-28-30(13-17)18-5-2-1-3-6-18/h1-3,5-7,9,11,13,16H,4,8,10,12,14-15H2,(H2,24,25,26,27). The minimum Gasteiger partial charge on any atom is -0.366 e. The molecule has 7 nitrogen and oxygen atoms in total. The summed E-state index contributed by atoms with van der Waals surface area (Å²) in [5.74, 6) is 0.666. The van der Waals surface area contributed by atoms with Gasteiger partial charge in [0, 0.05) is 31.0 Å². The number of rotatable bonds is 6. The van der Waals surface area contributed by atoms with Gasteiger partial charge in [-0.3, -0.25) is 4.90 Å². The van der Waals surface area contributed by atoms with Gasteiger partial charge in [-0.1, -0.05) is 18.2 Å². The predicted molar refractivity (Wildman–Crippen MR) is 114 cm³/mol. The van der Waals surface area contributed by atoms with E-state index in [4.69, 9.17) is 0 Å². The van der Waals surface area contributed by atoms with Gasteiger partial charge in [-0.05, 0) is 37.6 Å². The second-order valence-electron chi connectivity index (χ2n) is 7.91. The van der Waals surface area contributed by atoms with Gasteiger partial charge >= 0.3 is 0 Å². The second kappa shape index (κ2) is 7.87. The van der Waals surface area contributed by atoms with Gasteiger partial charge in [-0.25, -0.2) is 19.0 Å². The summed E-state index contributed by atoms with van der Waals surface area (Å²) in [6.07, 6.45) is 8.56. The summed E-state index contributed by atoms with van der Waals surface area (Å²) >= 11 is 0. The van der Waals surface area contributed by atoms with E-state index in [0.29, 0.717) is 25.3 Å². The van der Waals surface area contributed by atoms with Crippen molar-refractivity contribution >= 4 is 16.9 Å². The molecule has 0 spiro atoms. The average Bonchev–Trinajstić information content (AvgIpc) is 3.43. The molecular weight excluding hydrogens is 381 g/mol. The highest BCUT2D eigenvalue weighted by atomic mass is 19.1. The van der Waals surface area contributed by atoms with E-state index in [2.05, 4.69) is 30.3 Å². The molecule has 2 N–H and O–H groups in total. The highest BCUT2D eigenvalue weighted by molar-refractivity contribution is 5.86. The molecule has 3 aromatic heterocycles. The quantitative estimate of drug-likeness (QED) is 0.513. The molecule has 1 aliphatic rings. The van der Waals surface area contributed by atoms with E-state index in [9.17, 15) is 0 Å². The molecule has 1 unspecified atom stereocenters. The van der Waals surface area contributed by atoms with Crippen molar-refractivity contribution in [3.63, 3.8) is 0 Å². The number of nitrogens with one attached hydrogen (secondary N) is 2. The van der Waals surface area contributed by atoms with Crippen molar-refractivity contribution in [3.8, 4) is 5.69 Å². The number of benzene rings is 1. The van der Waals surface area contributed by atoms with E-state index >= 15 is 4.39 Å². The topological polar surface area (TPSA) is 74.7 Å². The molecule has 5 rings (SSSR count). The van der Waals surface area contributed by atoms with Crippen LogP contribution in [0.2, 0.25) is 0 Å². The number of aromatic amines is 1. The number of aromatic nitrogens is 5. The molecule has 154 valence electrons. The SMILES string of the molecule is FC1(CNc2ncnc3[nH]ccc23)CCCN(Cc2cnn(-c3ccccc3)c2)C1. The van der Waals surface area contributed by atoms with E-state index in [1.54, 1.807) is 0 Å². The minimum absolute atomic E-state index is 0.226. The minimum atomic E-state index is -1.30. The van der Waals surface area contributed by atoms with Gasteiger partial charge in [-0.2, -0.15) is 5.10 Å². The summed E-state index contributed by atoms with van der Waals surface area (Å²) in [5.41, 5.74) is 1.55. The van der Waals surface area contributed by atoms with Crippen molar-refractivity contribution in [1.29, 1.82) is 0 Å². The lowest BCUT2D eigenvalue weighted by Gasteiger charge is -2.37. The molecule has 4 heterocycles. The Morgan fingerprint density at radius 1 is 1.17 bits per heavy atom. The van der Waals surface area contributed by atoms with E-state index in [1.165, 1.54) is 6.33 Å². The van der Waals surface area contributed by atoms with Gasteiger partial charge < -0.3 is 10.3 Å². The average molecular weight is 405 g/mol. The van der Waals surface area contributed by atoms with Crippen LogP contribution in [0.4, 0.5) is 10.2 Å². The molecule has 0 aliphatic carbocycles. The van der Waals surface area contributed by atoms with Crippen LogP contribution in [-0.4, -0.2) is 54.9 Å². The first-order valence-corrected chi connectivity index (χ1v) is 10.2. The van der Waals surface area contributed by atoms with Gasteiger partial charge in [-0.15, -0.1) is 0 Å². The number of hydrogen-bond donors (Lipinski definition) is 2.